The van der Waals surface area contributed by atoms with Gasteiger partial charge in [0.05, 0.1) is 0 Å². The average Bonchev–Trinajstić information content (AvgIpc) is 1.87. The molecule has 0 unspecified atom stereocenters. The van der Waals surface area contributed by atoms with E-state index in [2.05, 4.69) is 31.8 Å². The molecule has 0 aromatic rings. The van der Waals surface area contributed by atoms with Gasteiger partial charge in [0.1, 0.15) is 0 Å². The summed E-state index contributed by atoms with van der Waals surface area (Å²) in [6, 6.07) is 0. The third-order valence-electron chi connectivity index (χ3n) is 1.19. The van der Waals surface area contributed by atoms with E-state index in [9.17, 15) is 0 Å². The highest BCUT2D eigenvalue weighted by Crippen LogP contribution is 2.00. The molecule has 0 bridgehead atoms. The summed E-state index contributed by atoms with van der Waals surface area (Å²) in [6.07, 6.45) is 5.98. The van der Waals surface area contributed by atoms with Crippen LogP contribution in [0.3, 0.4) is 0 Å². The second-order valence-electron chi connectivity index (χ2n) is 2.73. The van der Waals surface area contributed by atoms with Gasteiger partial charge in [0, 0.05) is 6.54 Å². The summed E-state index contributed by atoms with van der Waals surface area (Å²) in [4.78, 5) is 0. The van der Waals surface area contributed by atoms with Gasteiger partial charge in [-0.25, -0.2) is 0 Å². The summed E-state index contributed by atoms with van der Waals surface area (Å²) in [5.74, 6) is 0. The zero-order valence-electron chi connectivity index (χ0n) is 7.65. The summed E-state index contributed by atoms with van der Waals surface area (Å²) >= 11 is 0. The zero-order valence-corrected chi connectivity index (χ0v) is 7.65. The molecule has 11 heavy (non-hydrogen) atoms. The van der Waals surface area contributed by atoms with Crippen LogP contribution in [0.1, 0.15) is 13.8 Å². The fraction of sp³-hybridized carbons (Fsp3) is 0.400. The van der Waals surface area contributed by atoms with E-state index in [1.54, 1.807) is 0 Å². The maximum Gasteiger partial charge on any atom is 0.0202 e. The van der Waals surface area contributed by atoms with E-state index in [-0.39, 0.29) is 0 Å². The minimum Gasteiger partial charge on any atom is -0.316 e. The van der Waals surface area contributed by atoms with Crippen molar-refractivity contribution in [1.29, 1.82) is 0 Å². The van der Waals surface area contributed by atoms with Crippen LogP contribution in [0.5, 0.6) is 0 Å². The van der Waals surface area contributed by atoms with Crippen molar-refractivity contribution in [2.24, 2.45) is 0 Å². The Bertz CT molecular complexity index is 171. The van der Waals surface area contributed by atoms with Crippen LogP contribution in [0.2, 0.25) is 0 Å². The minimum absolute atomic E-state index is 0.900. The molecule has 0 aliphatic carbocycles. The summed E-state index contributed by atoms with van der Waals surface area (Å²) < 4.78 is 0. The van der Waals surface area contributed by atoms with E-state index in [1.807, 2.05) is 19.2 Å². The molecule has 0 rings (SSSR count). The Kier molecular flexibility index (Phi) is 5.49. The highest BCUT2D eigenvalue weighted by Gasteiger charge is 1.88. The lowest BCUT2D eigenvalue weighted by atomic mass is 10.2. The second-order valence-corrected chi connectivity index (χ2v) is 2.73. The highest BCUT2D eigenvalue weighted by molar-refractivity contribution is 5.26. The van der Waals surface area contributed by atoms with Crippen LogP contribution >= 0.6 is 0 Å². The molecular formula is C10H17N. The van der Waals surface area contributed by atoms with Crippen LogP contribution in [0.4, 0.5) is 0 Å². The Hall–Kier alpha value is -0.820. The number of hydrogen-bond donors (Lipinski definition) is 1. The van der Waals surface area contributed by atoms with Crippen molar-refractivity contribution in [3.63, 3.8) is 0 Å². The molecule has 0 radical (unpaired) electrons. The number of allylic oxidation sites excluding steroid dienone is 3. The smallest absolute Gasteiger partial charge is 0.0202 e. The van der Waals surface area contributed by atoms with Gasteiger partial charge >= 0.3 is 0 Å². The van der Waals surface area contributed by atoms with Gasteiger partial charge in [0.2, 0.25) is 0 Å². The molecule has 0 spiro atoms. The summed E-state index contributed by atoms with van der Waals surface area (Å²) in [6.45, 7) is 8.74. The van der Waals surface area contributed by atoms with Crippen molar-refractivity contribution in [2.45, 2.75) is 13.8 Å². The molecule has 0 atom stereocenters. The van der Waals surface area contributed by atoms with Gasteiger partial charge in [-0.05, 0) is 26.5 Å². The van der Waals surface area contributed by atoms with Crippen LogP contribution in [-0.2, 0) is 0 Å². The average molecular weight is 151 g/mol. The van der Waals surface area contributed by atoms with Gasteiger partial charge in [0.15, 0.2) is 0 Å². The number of rotatable bonds is 4. The molecule has 0 saturated heterocycles. The van der Waals surface area contributed by atoms with Gasteiger partial charge in [-0.2, -0.15) is 0 Å². The third kappa shape index (κ3) is 5.62. The Morgan fingerprint density at radius 2 is 2.09 bits per heavy atom. The maximum atomic E-state index is 3.66. The Balaban J connectivity index is 4.22. The maximum absolute atomic E-state index is 3.66. The fourth-order valence-corrected chi connectivity index (χ4v) is 0.884. The van der Waals surface area contributed by atoms with E-state index < -0.39 is 0 Å². The number of nitrogens with one attached hydrogen (secondary N) is 1. The molecule has 0 fully saturated rings. The quantitative estimate of drug-likeness (QED) is 0.608. The van der Waals surface area contributed by atoms with Crippen molar-refractivity contribution in [2.75, 3.05) is 13.6 Å². The topological polar surface area (TPSA) is 12.0 Å². The van der Waals surface area contributed by atoms with Crippen LogP contribution in [-0.4, -0.2) is 13.6 Å². The number of likely N-dealkylation sites (N-methyl/N-ethyl adjacent to an activating group) is 1. The molecule has 62 valence electrons. The van der Waals surface area contributed by atoms with E-state index in [0.29, 0.717) is 0 Å². The zero-order chi connectivity index (χ0) is 8.69. The van der Waals surface area contributed by atoms with E-state index >= 15 is 0 Å². The molecule has 0 heterocycles. The molecule has 0 amide bonds. The third-order valence-corrected chi connectivity index (χ3v) is 1.19. The highest BCUT2D eigenvalue weighted by atomic mass is 14.8. The molecule has 1 N–H and O–H groups in total. The Labute approximate surface area is 69.5 Å². The van der Waals surface area contributed by atoms with Gasteiger partial charge in [-0.15, -0.1) is 0 Å². The molecule has 0 aromatic carbocycles. The summed E-state index contributed by atoms with van der Waals surface area (Å²) in [5, 5.41) is 3.10. The van der Waals surface area contributed by atoms with Gasteiger partial charge < -0.3 is 5.32 Å². The standard InChI is InChI=1S/C10H17N/c1-5-6-10(8-11-4)7-9(2)3/h5-7,11H,1,8H2,2-4H3/b10-6+. The van der Waals surface area contributed by atoms with Crippen molar-refractivity contribution in [1.82, 2.24) is 5.32 Å². The lowest BCUT2D eigenvalue weighted by Crippen LogP contribution is -2.09. The van der Waals surface area contributed by atoms with Crippen molar-refractivity contribution >= 4 is 0 Å². The SMILES string of the molecule is C=C/C=C(\C=C(C)C)CNC. The van der Waals surface area contributed by atoms with Crippen molar-refractivity contribution in [3.8, 4) is 0 Å². The first-order valence-corrected chi connectivity index (χ1v) is 3.81. The minimum atomic E-state index is 0.900. The van der Waals surface area contributed by atoms with Crippen LogP contribution in [0.25, 0.3) is 0 Å². The largest absolute Gasteiger partial charge is 0.316 e. The summed E-state index contributed by atoms with van der Waals surface area (Å²) in [7, 11) is 1.94. The van der Waals surface area contributed by atoms with Gasteiger partial charge in [0.25, 0.3) is 0 Å². The first-order valence-electron chi connectivity index (χ1n) is 3.81. The molecule has 0 aliphatic rings. The van der Waals surface area contributed by atoms with E-state index in [0.717, 1.165) is 6.54 Å². The monoisotopic (exact) mass is 151 g/mol. The summed E-state index contributed by atoms with van der Waals surface area (Å²) in [5.41, 5.74) is 2.58. The predicted octanol–water partition coefficient (Wildman–Crippen LogP) is 2.28. The molecule has 1 heteroatoms. The molecule has 0 aliphatic heterocycles. The van der Waals surface area contributed by atoms with E-state index in [4.69, 9.17) is 0 Å². The Morgan fingerprint density at radius 3 is 2.45 bits per heavy atom. The van der Waals surface area contributed by atoms with Crippen molar-refractivity contribution in [3.05, 3.63) is 36.0 Å². The normalized spacial score (nSPS) is 11.0. The molecule has 1 nitrogen and oxygen atoms in total. The lowest BCUT2D eigenvalue weighted by molar-refractivity contribution is 0.894. The van der Waals surface area contributed by atoms with E-state index in [1.165, 1.54) is 11.1 Å². The first kappa shape index (κ1) is 10.2. The second kappa shape index (κ2) is 5.93. The predicted molar refractivity (Wildman–Crippen MR) is 51.6 cm³/mol. The Morgan fingerprint density at radius 1 is 1.45 bits per heavy atom. The fourth-order valence-electron chi connectivity index (χ4n) is 0.884. The van der Waals surface area contributed by atoms with Gasteiger partial charge in [-0.1, -0.05) is 30.4 Å². The van der Waals surface area contributed by atoms with Crippen LogP contribution in [0, 0.1) is 0 Å². The molecule has 0 saturated carbocycles. The van der Waals surface area contributed by atoms with Crippen molar-refractivity contribution < 1.29 is 0 Å². The van der Waals surface area contributed by atoms with Crippen LogP contribution in [0.15, 0.2) is 36.0 Å². The first-order chi connectivity index (χ1) is 5.20. The number of hydrogen-bond acceptors (Lipinski definition) is 1. The van der Waals surface area contributed by atoms with Crippen LogP contribution < -0.4 is 5.32 Å². The molecular weight excluding hydrogens is 134 g/mol. The molecule has 0 aromatic heterocycles. The lowest BCUT2D eigenvalue weighted by Gasteiger charge is -1.99. The van der Waals surface area contributed by atoms with Gasteiger partial charge in [-0.3, -0.25) is 0 Å².